The van der Waals surface area contributed by atoms with Crippen LogP contribution in [0.2, 0.25) is 5.02 Å². The molecule has 0 bridgehead atoms. The number of halogens is 1. The zero-order valence-electron chi connectivity index (χ0n) is 22.3. The average Bonchev–Trinajstić information content (AvgIpc) is 3.36. The van der Waals surface area contributed by atoms with Crippen LogP contribution < -0.4 is 0 Å². The van der Waals surface area contributed by atoms with Crippen LogP contribution in [0, 0.1) is 28.6 Å². The molecule has 0 spiro atoms. The minimum atomic E-state index is -1.09. The molecule has 38 heavy (non-hydrogen) atoms. The summed E-state index contributed by atoms with van der Waals surface area (Å²) < 4.78 is 13.3. The number of allylic oxidation sites excluding steroid dienone is 4. The number of hydrogen-bond acceptors (Lipinski definition) is 6. The lowest BCUT2D eigenvalue weighted by Gasteiger charge is -2.59. The monoisotopic (exact) mass is 556 g/mol. The summed E-state index contributed by atoms with van der Waals surface area (Å²) in [6.07, 6.45) is 8.73. The van der Waals surface area contributed by atoms with Gasteiger partial charge in [-0.25, -0.2) is 0 Å². The molecule has 0 radical (unpaired) electrons. The number of Topliss-reactive ketones (excluding diaryl/α,β-unsaturated/α-hetero) is 1. The van der Waals surface area contributed by atoms with Gasteiger partial charge in [-0.3, -0.25) is 9.59 Å². The van der Waals surface area contributed by atoms with Gasteiger partial charge in [0.05, 0.1) is 23.0 Å². The van der Waals surface area contributed by atoms with Crippen molar-refractivity contribution in [3.8, 4) is 0 Å². The van der Waals surface area contributed by atoms with Crippen molar-refractivity contribution in [3.05, 3.63) is 53.1 Å². The summed E-state index contributed by atoms with van der Waals surface area (Å²) in [5.41, 5.74) is -0.860. The van der Waals surface area contributed by atoms with E-state index in [1.807, 2.05) is 30.3 Å². The Morgan fingerprint density at radius 2 is 2.05 bits per heavy atom. The van der Waals surface area contributed by atoms with E-state index in [9.17, 15) is 14.7 Å². The fourth-order valence-corrected chi connectivity index (χ4v) is 10.00. The lowest BCUT2D eigenvalue weighted by molar-refractivity contribution is -0.197. The molecule has 1 aromatic carbocycles. The van der Waals surface area contributed by atoms with E-state index in [1.165, 1.54) is 11.8 Å². The second kappa shape index (κ2) is 9.59. The van der Waals surface area contributed by atoms with E-state index in [0.717, 1.165) is 42.6 Å². The summed E-state index contributed by atoms with van der Waals surface area (Å²) >= 11 is 7.85. The minimum Gasteiger partial charge on any atom is -0.393 e. The maximum Gasteiger partial charge on any atom is 0.178 e. The highest BCUT2D eigenvalue weighted by molar-refractivity contribution is 8.00. The second-order valence-electron chi connectivity index (χ2n) is 12.3. The molecule has 4 aliphatic carbocycles. The maximum atomic E-state index is 14.3. The highest BCUT2D eigenvalue weighted by Crippen LogP contribution is 2.69. The van der Waals surface area contributed by atoms with Crippen molar-refractivity contribution in [3.63, 3.8) is 0 Å². The SMILES string of the molecule is CCC[C@@H]1O[C@@H]2CC3C4CCC5=CC(=O)C=CC5(C)C4C(O)CC3(C)[C@]2(C(=O)CSc2ccccc2Cl)O1. The molecular formula is C31H37ClO5S. The van der Waals surface area contributed by atoms with Gasteiger partial charge in [-0.1, -0.05) is 62.6 Å². The Morgan fingerprint density at radius 3 is 2.82 bits per heavy atom. The van der Waals surface area contributed by atoms with Gasteiger partial charge in [-0.2, -0.15) is 0 Å². The van der Waals surface area contributed by atoms with Crippen LogP contribution in [-0.4, -0.2) is 46.5 Å². The van der Waals surface area contributed by atoms with Crippen molar-refractivity contribution in [2.24, 2.45) is 28.6 Å². The molecule has 1 heterocycles. The molecule has 7 heteroatoms. The Kier molecular flexibility index (Phi) is 6.75. The summed E-state index contributed by atoms with van der Waals surface area (Å²) in [5, 5.41) is 12.5. The fraction of sp³-hybridized carbons (Fsp3) is 0.613. The number of aliphatic hydroxyl groups is 1. The van der Waals surface area contributed by atoms with Crippen LogP contribution in [0.5, 0.6) is 0 Å². The van der Waals surface area contributed by atoms with Crippen LogP contribution in [0.4, 0.5) is 0 Å². The summed E-state index contributed by atoms with van der Waals surface area (Å²) in [4.78, 5) is 27.4. The van der Waals surface area contributed by atoms with Crippen molar-refractivity contribution in [2.75, 3.05) is 5.75 Å². The molecule has 9 atom stereocenters. The summed E-state index contributed by atoms with van der Waals surface area (Å²) in [5.74, 6) is 0.706. The highest BCUT2D eigenvalue weighted by Gasteiger charge is 2.75. The van der Waals surface area contributed by atoms with Crippen molar-refractivity contribution >= 4 is 34.9 Å². The molecule has 3 saturated carbocycles. The van der Waals surface area contributed by atoms with Crippen molar-refractivity contribution < 1.29 is 24.2 Å². The van der Waals surface area contributed by atoms with Gasteiger partial charge < -0.3 is 14.6 Å². The van der Waals surface area contributed by atoms with Crippen LogP contribution in [0.25, 0.3) is 0 Å². The van der Waals surface area contributed by atoms with E-state index < -0.39 is 23.4 Å². The Hall–Kier alpha value is -1.44. The third-order valence-electron chi connectivity index (χ3n) is 10.4. The van der Waals surface area contributed by atoms with Gasteiger partial charge in [-0.15, -0.1) is 11.8 Å². The van der Waals surface area contributed by atoms with Crippen LogP contribution in [0.3, 0.4) is 0 Å². The van der Waals surface area contributed by atoms with Crippen LogP contribution in [0.15, 0.2) is 53.0 Å². The van der Waals surface area contributed by atoms with Gasteiger partial charge >= 0.3 is 0 Å². The number of ether oxygens (including phenoxy) is 2. The lowest BCUT2D eigenvalue weighted by atomic mass is 9.46. The zero-order chi connectivity index (χ0) is 26.9. The van der Waals surface area contributed by atoms with Crippen LogP contribution in [0.1, 0.15) is 59.3 Å². The zero-order valence-corrected chi connectivity index (χ0v) is 23.9. The first-order valence-electron chi connectivity index (χ1n) is 14.0. The van der Waals surface area contributed by atoms with Gasteiger partial charge in [0.2, 0.25) is 0 Å². The number of thioether (sulfide) groups is 1. The third kappa shape index (κ3) is 3.77. The normalized spacial score (nSPS) is 43.2. The van der Waals surface area contributed by atoms with Crippen LogP contribution >= 0.6 is 23.4 Å². The second-order valence-corrected chi connectivity index (χ2v) is 13.7. The molecular weight excluding hydrogens is 520 g/mol. The maximum absolute atomic E-state index is 14.3. The Morgan fingerprint density at radius 1 is 1.26 bits per heavy atom. The molecule has 1 aromatic rings. The Balaban J connectivity index is 1.35. The molecule has 1 N–H and O–H groups in total. The molecule has 1 aliphatic heterocycles. The molecule has 204 valence electrons. The molecule has 4 fully saturated rings. The Labute approximate surface area is 234 Å². The number of aliphatic hydroxyl groups excluding tert-OH is 1. The van der Waals surface area contributed by atoms with Gasteiger partial charge in [0.25, 0.3) is 0 Å². The summed E-state index contributed by atoms with van der Waals surface area (Å²) in [7, 11) is 0. The van der Waals surface area contributed by atoms with Gasteiger partial charge in [-0.05, 0) is 68.2 Å². The average molecular weight is 557 g/mol. The minimum absolute atomic E-state index is 0.000146. The molecule has 0 aromatic heterocycles. The standard InChI is InChI=1S/C31H37ClO5S/c1-4-7-27-36-26-15-21-20-11-10-18-14-19(33)12-13-29(18,2)28(20)23(34)16-30(21,3)31(26,37-27)25(35)17-38-24-9-6-5-8-22(24)32/h5-6,8-9,12-14,20-21,23,26-28,34H,4,7,10-11,15-17H2,1-3H3/t20?,21?,23?,26-,27-,28?,29?,30?,31-/m1/s1. The first kappa shape index (κ1) is 26.8. The Bertz CT molecular complexity index is 1210. The molecule has 5 aliphatic rings. The van der Waals surface area contributed by atoms with E-state index in [2.05, 4.69) is 20.8 Å². The first-order chi connectivity index (χ1) is 18.1. The summed E-state index contributed by atoms with van der Waals surface area (Å²) in [6, 6.07) is 7.59. The number of fused-ring (bicyclic) bond motifs is 7. The molecule has 1 saturated heterocycles. The number of hydrogen-bond donors (Lipinski definition) is 1. The molecule has 5 nitrogen and oxygen atoms in total. The molecule has 6 rings (SSSR count). The largest absolute Gasteiger partial charge is 0.393 e. The predicted octanol–water partition coefficient (Wildman–Crippen LogP) is 6.17. The van der Waals surface area contributed by atoms with Gasteiger partial charge in [0.1, 0.15) is 0 Å². The fourth-order valence-electron chi connectivity index (χ4n) is 8.82. The van der Waals surface area contributed by atoms with E-state index >= 15 is 0 Å². The smallest absolute Gasteiger partial charge is 0.178 e. The number of carbonyl (C=O) groups excluding carboxylic acids is 2. The molecule has 6 unspecified atom stereocenters. The van der Waals surface area contributed by atoms with E-state index in [-0.39, 0.29) is 46.6 Å². The highest BCUT2D eigenvalue weighted by atomic mass is 35.5. The number of carbonyl (C=O) groups is 2. The number of benzene rings is 1. The lowest BCUT2D eigenvalue weighted by Crippen LogP contribution is -2.63. The quantitative estimate of drug-likeness (QED) is 0.422. The van der Waals surface area contributed by atoms with Gasteiger partial charge in [0, 0.05) is 21.6 Å². The van der Waals surface area contributed by atoms with E-state index in [4.69, 9.17) is 21.1 Å². The van der Waals surface area contributed by atoms with E-state index in [0.29, 0.717) is 11.4 Å². The first-order valence-corrected chi connectivity index (χ1v) is 15.4. The predicted molar refractivity (Wildman–Crippen MR) is 148 cm³/mol. The van der Waals surface area contributed by atoms with Crippen molar-refractivity contribution in [2.45, 2.75) is 88.3 Å². The summed E-state index contributed by atoms with van der Waals surface area (Å²) in [6.45, 7) is 6.44. The third-order valence-corrected chi connectivity index (χ3v) is 11.9. The van der Waals surface area contributed by atoms with Crippen molar-refractivity contribution in [1.82, 2.24) is 0 Å². The van der Waals surface area contributed by atoms with Gasteiger partial charge in [0.15, 0.2) is 23.5 Å². The van der Waals surface area contributed by atoms with Crippen molar-refractivity contribution in [1.29, 1.82) is 0 Å². The number of ketones is 2. The molecule has 0 amide bonds. The topological polar surface area (TPSA) is 72.8 Å². The van der Waals surface area contributed by atoms with E-state index in [1.54, 1.807) is 12.2 Å². The number of rotatable bonds is 6. The van der Waals surface area contributed by atoms with Crippen LogP contribution in [-0.2, 0) is 19.1 Å².